The van der Waals surface area contributed by atoms with Crippen molar-refractivity contribution in [1.82, 2.24) is 0 Å². The molecule has 3 aliphatic rings. The van der Waals surface area contributed by atoms with Gasteiger partial charge in [0.2, 0.25) is 6.71 Å². The van der Waals surface area contributed by atoms with Gasteiger partial charge >= 0.3 is 0 Å². The van der Waals surface area contributed by atoms with Crippen molar-refractivity contribution in [3.63, 3.8) is 0 Å². The molecule has 1 heterocycles. The van der Waals surface area contributed by atoms with Crippen LogP contribution in [-0.4, -0.2) is 6.71 Å². The molecular weight excluding hydrogens is 551 g/mol. The van der Waals surface area contributed by atoms with Crippen molar-refractivity contribution in [2.45, 2.75) is 53.3 Å². The van der Waals surface area contributed by atoms with Crippen molar-refractivity contribution in [2.75, 3.05) is 0 Å². The van der Waals surface area contributed by atoms with Crippen LogP contribution in [0.3, 0.4) is 0 Å². The lowest BCUT2D eigenvalue weighted by Gasteiger charge is -2.25. The molecule has 0 amide bonds. The van der Waals surface area contributed by atoms with Gasteiger partial charge in [-0.05, 0) is 129 Å². The zero-order chi connectivity index (χ0) is 32.1. The molecule has 0 fully saturated rings. The minimum absolute atomic E-state index is 0.398. The lowest BCUT2D eigenvalue weighted by Crippen LogP contribution is -2.42. The third-order valence-corrected chi connectivity index (χ3v) is 10.7. The predicted molar refractivity (Wildman–Crippen MR) is 205 cm³/mol. The Balaban J connectivity index is 0.00000166. The normalized spacial score (nSPS) is 18.2. The fourth-order valence-corrected chi connectivity index (χ4v) is 8.01. The van der Waals surface area contributed by atoms with E-state index in [0.29, 0.717) is 18.4 Å². The molecule has 0 radical (unpaired) electrons. The second-order valence-electron chi connectivity index (χ2n) is 13.5. The first kappa shape index (κ1) is 30.1. The van der Waals surface area contributed by atoms with Crippen molar-refractivity contribution < 1.29 is 0 Å². The smallest absolute Gasteiger partial charge is 0.106 e. The average Bonchev–Trinajstić information content (AvgIpc) is 3.41. The standard InChI is InChI=1S/C43H39B.C2H4/c1-26-14-16-31(17-15-26)42-36-22-27(2)29(4)24-38(36)43(39-25-30(5)28(3)23-37(39)42)32-18-20-33(21-19-32)44-40-12-8-6-10-34(40)35-11-7-9-13-41(35)44;1-2/h6-14,16-20,22-26,33H,15,21H2,1-5H3;1-2H2. The van der Waals surface area contributed by atoms with E-state index in [1.54, 1.807) is 0 Å². The summed E-state index contributed by atoms with van der Waals surface area (Å²) in [6.07, 6.45) is 16.8. The Hall–Kier alpha value is -4.62. The Morgan fingerprint density at radius 1 is 0.565 bits per heavy atom. The van der Waals surface area contributed by atoms with Gasteiger partial charge in [-0.15, -0.1) is 13.2 Å². The van der Waals surface area contributed by atoms with Crippen LogP contribution in [0.1, 0.15) is 53.1 Å². The Labute approximate surface area is 275 Å². The molecule has 0 spiro atoms. The molecule has 46 heavy (non-hydrogen) atoms. The van der Waals surface area contributed by atoms with Gasteiger partial charge < -0.3 is 0 Å². The summed E-state index contributed by atoms with van der Waals surface area (Å²) in [5, 5.41) is 5.49. The maximum Gasteiger partial charge on any atom is 0.218 e. The first-order valence-corrected chi connectivity index (χ1v) is 16.8. The number of benzene rings is 5. The molecule has 1 aliphatic heterocycles. The zero-order valence-electron chi connectivity index (χ0n) is 28.0. The SMILES string of the molecule is C=C.Cc1cc2c(C3=CCC(C)C=C3)c3cc(C)c(C)cc3c(C3=CCC(B4c5ccccc5-c5ccccc54)C=C3)c2cc1C. The van der Waals surface area contributed by atoms with Crippen LogP contribution in [0.5, 0.6) is 0 Å². The summed E-state index contributed by atoms with van der Waals surface area (Å²) in [5.41, 5.74) is 16.7. The molecule has 0 N–H and O–H groups in total. The van der Waals surface area contributed by atoms with E-state index in [1.165, 1.54) is 88.1 Å². The zero-order valence-corrected chi connectivity index (χ0v) is 28.0. The highest BCUT2D eigenvalue weighted by atomic mass is 14.3. The highest BCUT2D eigenvalue weighted by Crippen LogP contribution is 2.45. The summed E-state index contributed by atoms with van der Waals surface area (Å²) in [7, 11) is 0. The quantitative estimate of drug-likeness (QED) is 0.111. The van der Waals surface area contributed by atoms with Gasteiger partial charge in [0.05, 0.1) is 0 Å². The van der Waals surface area contributed by atoms with Crippen molar-refractivity contribution in [3.8, 4) is 11.1 Å². The van der Waals surface area contributed by atoms with Gasteiger partial charge in [-0.2, -0.15) is 0 Å². The maximum atomic E-state index is 3.00. The number of hydrogen-bond donors (Lipinski definition) is 0. The number of rotatable bonds is 3. The first-order valence-electron chi connectivity index (χ1n) is 16.8. The monoisotopic (exact) mass is 594 g/mol. The van der Waals surface area contributed by atoms with Crippen LogP contribution in [-0.2, 0) is 0 Å². The van der Waals surface area contributed by atoms with Crippen molar-refractivity contribution >= 4 is 50.3 Å². The van der Waals surface area contributed by atoms with Crippen LogP contribution >= 0.6 is 0 Å². The summed E-state index contributed by atoms with van der Waals surface area (Å²) < 4.78 is 0. The van der Waals surface area contributed by atoms with Gasteiger partial charge in [-0.25, -0.2) is 0 Å². The van der Waals surface area contributed by atoms with Crippen LogP contribution in [0, 0.1) is 33.6 Å². The maximum absolute atomic E-state index is 3.00. The summed E-state index contributed by atoms with van der Waals surface area (Å²) in [6, 6.07) is 27.9. The molecule has 0 saturated carbocycles. The van der Waals surface area contributed by atoms with E-state index in [-0.39, 0.29) is 0 Å². The Bertz CT molecular complexity index is 2040. The number of fused-ring (bicyclic) bond motifs is 5. The van der Waals surface area contributed by atoms with E-state index >= 15 is 0 Å². The molecule has 5 aromatic rings. The molecule has 2 unspecified atom stereocenters. The molecule has 0 aromatic heterocycles. The van der Waals surface area contributed by atoms with Crippen molar-refractivity contribution in [1.29, 1.82) is 0 Å². The Morgan fingerprint density at radius 2 is 0.978 bits per heavy atom. The summed E-state index contributed by atoms with van der Waals surface area (Å²) in [4.78, 5) is 0. The van der Waals surface area contributed by atoms with Gasteiger partial charge in [0.15, 0.2) is 0 Å². The highest BCUT2D eigenvalue weighted by molar-refractivity contribution is 6.91. The third-order valence-electron chi connectivity index (χ3n) is 10.7. The topological polar surface area (TPSA) is 0 Å². The lowest BCUT2D eigenvalue weighted by molar-refractivity contribution is 0.739. The van der Waals surface area contributed by atoms with Gasteiger partial charge in [-0.3, -0.25) is 0 Å². The minimum atomic E-state index is 0.398. The largest absolute Gasteiger partial charge is 0.218 e. The summed E-state index contributed by atoms with van der Waals surface area (Å²) in [6.45, 7) is 17.8. The minimum Gasteiger partial charge on any atom is -0.106 e. The molecule has 226 valence electrons. The van der Waals surface area contributed by atoms with Crippen LogP contribution < -0.4 is 10.9 Å². The first-order chi connectivity index (χ1) is 22.4. The molecule has 0 bridgehead atoms. The van der Waals surface area contributed by atoms with Crippen LogP contribution in [0.15, 0.2) is 122 Å². The predicted octanol–water partition coefficient (Wildman–Crippen LogP) is 11.0. The number of hydrogen-bond acceptors (Lipinski definition) is 0. The Morgan fingerprint density at radius 3 is 1.37 bits per heavy atom. The van der Waals surface area contributed by atoms with Gasteiger partial charge in [-0.1, -0.05) is 127 Å². The van der Waals surface area contributed by atoms with Gasteiger partial charge in [0.25, 0.3) is 0 Å². The molecule has 1 heteroatoms. The Kier molecular flexibility index (Phi) is 7.81. The molecule has 0 saturated heterocycles. The van der Waals surface area contributed by atoms with Crippen molar-refractivity contribution in [3.05, 3.63) is 156 Å². The fraction of sp³-hybridized carbons (Fsp3) is 0.200. The van der Waals surface area contributed by atoms with E-state index in [4.69, 9.17) is 0 Å². The number of aryl methyl sites for hydroxylation is 4. The average molecular weight is 595 g/mol. The highest BCUT2D eigenvalue weighted by Gasteiger charge is 2.36. The third kappa shape index (κ3) is 4.85. The van der Waals surface area contributed by atoms with Gasteiger partial charge in [0.1, 0.15) is 0 Å². The van der Waals surface area contributed by atoms with Crippen LogP contribution in [0.2, 0.25) is 5.82 Å². The van der Waals surface area contributed by atoms with E-state index in [1.807, 2.05) is 0 Å². The van der Waals surface area contributed by atoms with Gasteiger partial charge in [0, 0.05) is 0 Å². The molecule has 2 aliphatic carbocycles. The lowest BCUT2D eigenvalue weighted by atomic mass is 9.34. The molecule has 8 rings (SSSR count). The molecule has 2 atom stereocenters. The fourth-order valence-electron chi connectivity index (χ4n) is 8.01. The molecule has 5 aromatic carbocycles. The molecule has 0 nitrogen and oxygen atoms in total. The summed E-state index contributed by atoms with van der Waals surface area (Å²) >= 11 is 0. The molecular formula is C45H43B. The number of allylic oxidation sites excluding steroid dienone is 8. The second kappa shape index (κ2) is 12.0. The van der Waals surface area contributed by atoms with Crippen molar-refractivity contribution in [2.24, 2.45) is 5.92 Å². The van der Waals surface area contributed by atoms with Crippen LogP contribution in [0.25, 0.3) is 43.8 Å². The van der Waals surface area contributed by atoms with E-state index in [9.17, 15) is 0 Å². The van der Waals surface area contributed by atoms with Crippen LogP contribution in [0.4, 0.5) is 0 Å². The second-order valence-corrected chi connectivity index (χ2v) is 13.5. The van der Waals surface area contributed by atoms with E-state index in [2.05, 4.69) is 157 Å². The van der Waals surface area contributed by atoms with E-state index in [0.717, 1.165) is 12.8 Å². The van der Waals surface area contributed by atoms with E-state index < -0.39 is 0 Å². The summed E-state index contributed by atoms with van der Waals surface area (Å²) in [5.74, 6) is 1.03.